The van der Waals surface area contributed by atoms with E-state index in [0.717, 1.165) is 6.61 Å². The van der Waals surface area contributed by atoms with Crippen LogP contribution in [0.25, 0.3) is 0 Å². The monoisotopic (exact) mass is 191 g/mol. The average molecular weight is 191 g/mol. The van der Waals surface area contributed by atoms with Gasteiger partial charge in [-0.1, -0.05) is 30.3 Å². The molecule has 0 aromatic heterocycles. The van der Waals surface area contributed by atoms with E-state index in [1.807, 2.05) is 6.07 Å². The summed E-state index contributed by atoms with van der Waals surface area (Å²) in [7, 11) is 2.13. The summed E-state index contributed by atoms with van der Waals surface area (Å²) in [6, 6.07) is 10.4. The van der Waals surface area contributed by atoms with Crippen molar-refractivity contribution in [2.45, 2.75) is 25.7 Å². The Balaban J connectivity index is 1.82. The van der Waals surface area contributed by atoms with Crippen LogP contribution >= 0.6 is 0 Å². The fourth-order valence-corrected chi connectivity index (χ4v) is 1.86. The minimum Gasteiger partial charge on any atom is -0.358 e. The number of rotatable bonds is 3. The van der Waals surface area contributed by atoms with E-state index in [1.165, 1.54) is 24.9 Å². The molecule has 0 spiro atoms. The van der Waals surface area contributed by atoms with Crippen molar-refractivity contribution in [1.29, 1.82) is 0 Å². The van der Waals surface area contributed by atoms with Crippen LogP contribution in [-0.2, 0) is 11.3 Å². The van der Waals surface area contributed by atoms with Crippen molar-refractivity contribution in [2.75, 3.05) is 13.6 Å². The van der Waals surface area contributed by atoms with Gasteiger partial charge in [0.25, 0.3) is 0 Å². The van der Waals surface area contributed by atoms with E-state index in [0.29, 0.717) is 6.23 Å². The van der Waals surface area contributed by atoms with Crippen molar-refractivity contribution >= 4 is 0 Å². The van der Waals surface area contributed by atoms with E-state index < -0.39 is 0 Å². The van der Waals surface area contributed by atoms with Gasteiger partial charge in [-0.2, -0.15) is 0 Å². The third-order valence-corrected chi connectivity index (χ3v) is 2.74. The van der Waals surface area contributed by atoms with Gasteiger partial charge in [-0.25, -0.2) is 0 Å². The average Bonchev–Trinajstić information content (AvgIpc) is 2.63. The summed E-state index contributed by atoms with van der Waals surface area (Å²) in [5.74, 6) is 0. The molecule has 1 heterocycles. The molecule has 1 aliphatic heterocycles. The molecule has 1 atom stereocenters. The molecule has 2 heteroatoms. The number of hydrogen-bond acceptors (Lipinski definition) is 2. The summed E-state index contributed by atoms with van der Waals surface area (Å²) in [6.07, 6.45) is 2.76. The molecule has 1 unspecified atom stereocenters. The summed E-state index contributed by atoms with van der Waals surface area (Å²) >= 11 is 0. The van der Waals surface area contributed by atoms with Crippen LogP contribution in [0.4, 0.5) is 0 Å². The highest BCUT2D eigenvalue weighted by atomic mass is 16.5. The number of likely N-dealkylation sites (tertiary alicyclic amines) is 1. The van der Waals surface area contributed by atoms with Gasteiger partial charge < -0.3 is 4.74 Å². The number of ether oxygens (including phenoxy) is 1. The normalized spacial score (nSPS) is 22.8. The lowest BCUT2D eigenvalue weighted by molar-refractivity contribution is -0.0337. The predicted octanol–water partition coefficient (Wildman–Crippen LogP) is 2.25. The smallest absolute Gasteiger partial charge is 0.110 e. The molecule has 1 aromatic carbocycles. The number of hydrogen-bond donors (Lipinski definition) is 0. The SMILES string of the molecule is CN1CCCC1OCc1ccccc1. The van der Waals surface area contributed by atoms with Gasteiger partial charge in [0.1, 0.15) is 6.23 Å². The standard InChI is InChI=1S/C12H17NO/c1-13-9-5-8-12(13)14-10-11-6-3-2-4-7-11/h2-4,6-7,12H,5,8-10H2,1H3. The van der Waals surface area contributed by atoms with Crippen LogP contribution in [0.15, 0.2) is 30.3 Å². The topological polar surface area (TPSA) is 12.5 Å². The van der Waals surface area contributed by atoms with E-state index >= 15 is 0 Å². The molecular formula is C12H17NO. The molecule has 2 nitrogen and oxygen atoms in total. The molecule has 2 rings (SSSR count). The maximum absolute atomic E-state index is 5.83. The van der Waals surface area contributed by atoms with E-state index in [1.54, 1.807) is 0 Å². The van der Waals surface area contributed by atoms with Gasteiger partial charge in [0.15, 0.2) is 0 Å². The fourth-order valence-electron chi connectivity index (χ4n) is 1.86. The van der Waals surface area contributed by atoms with Crippen molar-refractivity contribution in [1.82, 2.24) is 4.90 Å². The van der Waals surface area contributed by atoms with Crippen LogP contribution in [0.2, 0.25) is 0 Å². The van der Waals surface area contributed by atoms with Crippen molar-refractivity contribution in [3.8, 4) is 0 Å². The van der Waals surface area contributed by atoms with Crippen LogP contribution in [-0.4, -0.2) is 24.7 Å². The van der Waals surface area contributed by atoms with Gasteiger partial charge in [0.2, 0.25) is 0 Å². The summed E-state index contributed by atoms with van der Waals surface area (Å²) in [6.45, 7) is 1.90. The zero-order valence-corrected chi connectivity index (χ0v) is 8.65. The first kappa shape index (κ1) is 9.69. The summed E-state index contributed by atoms with van der Waals surface area (Å²) in [5.41, 5.74) is 1.26. The molecule has 1 aliphatic rings. The minimum absolute atomic E-state index is 0.329. The van der Waals surface area contributed by atoms with Crippen molar-refractivity contribution in [3.63, 3.8) is 0 Å². The van der Waals surface area contributed by atoms with Crippen molar-refractivity contribution in [2.24, 2.45) is 0 Å². The maximum Gasteiger partial charge on any atom is 0.110 e. The quantitative estimate of drug-likeness (QED) is 0.726. The summed E-state index contributed by atoms with van der Waals surface area (Å²) < 4.78 is 5.83. The number of benzene rings is 1. The Morgan fingerprint density at radius 1 is 1.36 bits per heavy atom. The first-order valence-electron chi connectivity index (χ1n) is 5.22. The summed E-state index contributed by atoms with van der Waals surface area (Å²) in [5, 5.41) is 0. The van der Waals surface area contributed by atoms with Gasteiger partial charge >= 0.3 is 0 Å². The summed E-state index contributed by atoms with van der Waals surface area (Å²) in [4.78, 5) is 2.28. The van der Waals surface area contributed by atoms with Crippen LogP contribution in [0.3, 0.4) is 0 Å². The molecule has 0 saturated carbocycles. The van der Waals surface area contributed by atoms with Crippen LogP contribution in [0.1, 0.15) is 18.4 Å². The predicted molar refractivity (Wildman–Crippen MR) is 56.9 cm³/mol. The molecular weight excluding hydrogens is 174 g/mol. The molecule has 0 amide bonds. The van der Waals surface area contributed by atoms with Gasteiger partial charge in [0, 0.05) is 6.54 Å². The van der Waals surface area contributed by atoms with E-state index in [9.17, 15) is 0 Å². The second-order valence-corrected chi connectivity index (χ2v) is 3.87. The first-order valence-corrected chi connectivity index (χ1v) is 5.22. The lowest BCUT2D eigenvalue weighted by atomic mass is 10.2. The molecule has 1 saturated heterocycles. The van der Waals surface area contributed by atoms with Gasteiger partial charge in [-0.05, 0) is 25.5 Å². The second-order valence-electron chi connectivity index (χ2n) is 3.87. The molecule has 1 aromatic rings. The van der Waals surface area contributed by atoms with Crippen LogP contribution in [0, 0.1) is 0 Å². The Morgan fingerprint density at radius 3 is 2.79 bits per heavy atom. The Labute approximate surface area is 85.5 Å². The number of nitrogens with zero attached hydrogens (tertiary/aromatic N) is 1. The van der Waals surface area contributed by atoms with Crippen LogP contribution in [0.5, 0.6) is 0 Å². The Morgan fingerprint density at radius 2 is 2.14 bits per heavy atom. The maximum atomic E-state index is 5.83. The van der Waals surface area contributed by atoms with Crippen molar-refractivity contribution in [3.05, 3.63) is 35.9 Å². The zero-order valence-electron chi connectivity index (χ0n) is 8.65. The highest BCUT2D eigenvalue weighted by Crippen LogP contribution is 2.17. The van der Waals surface area contributed by atoms with Gasteiger partial charge in [-0.3, -0.25) is 4.90 Å². The first-order chi connectivity index (χ1) is 6.86. The molecule has 14 heavy (non-hydrogen) atoms. The third kappa shape index (κ3) is 2.34. The molecule has 0 bridgehead atoms. The second kappa shape index (κ2) is 4.58. The van der Waals surface area contributed by atoms with Crippen LogP contribution < -0.4 is 0 Å². The largest absolute Gasteiger partial charge is 0.358 e. The zero-order chi connectivity index (χ0) is 9.80. The lowest BCUT2D eigenvalue weighted by Gasteiger charge is -2.19. The Bertz CT molecular complexity index is 273. The fraction of sp³-hybridized carbons (Fsp3) is 0.500. The highest BCUT2D eigenvalue weighted by molar-refractivity contribution is 5.13. The van der Waals surface area contributed by atoms with E-state index in [4.69, 9.17) is 4.74 Å². The van der Waals surface area contributed by atoms with Crippen molar-refractivity contribution < 1.29 is 4.74 Å². The molecule has 1 fully saturated rings. The van der Waals surface area contributed by atoms with E-state index in [-0.39, 0.29) is 0 Å². The lowest BCUT2D eigenvalue weighted by Crippen LogP contribution is -2.27. The Kier molecular flexibility index (Phi) is 3.17. The van der Waals surface area contributed by atoms with Gasteiger partial charge in [0.05, 0.1) is 6.61 Å². The van der Waals surface area contributed by atoms with Gasteiger partial charge in [-0.15, -0.1) is 0 Å². The molecule has 0 aliphatic carbocycles. The minimum atomic E-state index is 0.329. The molecule has 0 radical (unpaired) electrons. The Hall–Kier alpha value is -0.860. The van der Waals surface area contributed by atoms with E-state index in [2.05, 4.69) is 36.2 Å². The highest BCUT2D eigenvalue weighted by Gasteiger charge is 2.20. The molecule has 0 N–H and O–H groups in total. The third-order valence-electron chi connectivity index (χ3n) is 2.74. The molecule has 76 valence electrons.